The molecule has 0 spiro atoms. The minimum Gasteiger partial charge on any atom is -0.488 e. The summed E-state index contributed by atoms with van der Waals surface area (Å²) in [6.45, 7) is 1.51. The zero-order valence-electron chi connectivity index (χ0n) is 15.0. The molecule has 1 aliphatic heterocycles. The Morgan fingerprint density at radius 3 is 2.68 bits per heavy atom. The Hall–Kier alpha value is -3.81. The van der Waals surface area contributed by atoms with Crippen molar-refractivity contribution in [2.45, 2.75) is 13.1 Å². The molecular weight excluding hydrogens is 354 g/mol. The van der Waals surface area contributed by atoms with Crippen molar-refractivity contribution in [2.24, 2.45) is 0 Å². The minimum absolute atomic E-state index is 0.409. The van der Waals surface area contributed by atoms with E-state index in [-0.39, 0.29) is 0 Å². The van der Waals surface area contributed by atoms with Gasteiger partial charge in [0.2, 0.25) is 5.82 Å². The van der Waals surface area contributed by atoms with Crippen LogP contribution in [0, 0.1) is 0 Å². The van der Waals surface area contributed by atoms with E-state index in [1.165, 1.54) is 10.4 Å². The van der Waals surface area contributed by atoms with Crippen molar-refractivity contribution >= 4 is 11.6 Å². The van der Waals surface area contributed by atoms with E-state index in [9.17, 15) is 0 Å². The lowest BCUT2D eigenvalue weighted by Crippen LogP contribution is -2.08. The summed E-state index contributed by atoms with van der Waals surface area (Å²) in [5, 5.41) is 21.1. The lowest BCUT2D eigenvalue weighted by molar-refractivity contribution is 0.365. The van der Waals surface area contributed by atoms with E-state index in [0.29, 0.717) is 25.5 Å². The Morgan fingerprint density at radius 1 is 0.893 bits per heavy atom. The van der Waals surface area contributed by atoms with Gasteiger partial charge in [0.05, 0.1) is 12.7 Å². The molecule has 0 aliphatic carbocycles. The SMILES string of the molecule is C1=C(c2nnn(Cc3cn(Cc4ccccc4)nn3)n2)COc2ccccc21. The molecule has 1 aliphatic rings. The third-order valence-corrected chi connectivity index (χ3v) is 4.45. The van der Waals surface area contributed by atoms with E-state index < -0.39 is 0 Å². The van der Waals surface area contributed by atoms with Gasteiger partial charge in [-0.05, 0) is 22.9 Å². The predicted molar refractivity (Wildman–Crippen MR) is 102 cm³/mol. The zero-order valence-corrected chi connectivity index (χ0v) is 15.0. The predicted octanol–water partition coefficient (Wildman–Crippen LogP) is 2.29. The molecule has 0 N–H and O–H groups in total. The summed E-state index contributed by atoms with van der Waals surface area (Å²) >= 11 is 0. The topological polar surface area (TPSA) is 83.5 Å². The minimum atomic E-state index is 0.409. The number of benzene rings is 2. The maximum absolute atomic E-state index is 5.77. The van der Waals surface area contributed by atoms with Gasteiger partial charge in [0.25, 0.3) is 0 Å². The average Bonchev–Trinajstić information content (AvgIpc) is 3.38. The van der Waals surface area contributed by atoms with E-state index in [4.69, 9.17) is 4.74 Å². The number of tetrazole rings is 1. The molecule has 8 nitrogen and oxygen atoms in total. The monoisotopic (exact) mass is 371 g/mol. The van der Waals surface area contributed by atoms with E-state index >= 15 is 0 Å². The van der Waals surface area contributed by atoms with Gasteiger partial charge >= 0.3 is 0 Å². The number of para-hydroxylation sites is 1. The standard InChI is InChI=1S/C20H17N7O/c1-2-6-15(7-3-1)11-26-12-18(21-24-26)13-27-23-20(22-25-27)17-10-16-8-4-5-9-19(16)28-14-17/h1-10,12H,11,13-14H2. The normalized spacial score (nSPS) is 12.9. The fourth-order valence-corrected chi connectivity index (χ4v) is 3.09. The van der Waals surface area contributed by atoms with Gasteiger partial charge in [-0.25, -0.2) is 4.68 Å². The van der Waals surface area contributed by atoms with Gasteiger partial charge in [-0.15, -0.1) is 15.3 Å². The van der Waals surface area contributed by atoms with Crippen molar-refractivity contribution in [2.75, 3.05) is 6.61 Å². The van der Waals surface area contributed by atoms with E-state index in [1.54, 1.807) is 4.68 Å². The van der Waals surface area contributed by atoms with Gasteiger partial charge < -0.3 is 4.74 Å². The first kappa shape index (κ1) is 16.4. The van der Waals surface area contributed by atoms with Crippen LogP contribution in [0.4, 0.5) is 0 Å². The van der Waals surface area contributed by atoms with Crippen molar-refractivity contribution in [3.05, 3.63) is 83.4 Å². The summed E-state index contributed by atoms with van der Waals surface area (Å²) in [5.74, 6) is 1.43. The molecule has 0 bridgehead atoms. The highest BCUT2D eigenvalue weighted by molar-refractivity contribution is 5.82. The lowest BCUT2D eigenvalue weighted by atomic mass is 10.1. The Kier molecular flexibility index (Phi) is 4.13. The third-order valence-electron chi connectivity index (χ3n) is 4.45. The fraction of sp³-hybridized carbons (Fsp3) is 0.150. The number of nitrogens with zero attached hydrogens (tertiary/aromatic N) is 7. The Balaban J connectivity index is 1.29. The van der Waals surface area contributed by atoms with Crippen LogP contribution in [0.15, 0.2) is 60.8 Å². The second-order valence-corrected chi connectivity index (χ2v) is 6.53. The quantitative estimate of drug-likeness (QED) is 0.535. The average molecular weight is 371 g/mol. The van der Waals surface area contributed by atoms with Gasteiger partial charge in [-0.3, -0.25) is 0 Å². The van der Waals surface area contributed by atoms with Gasteiger partial charge in [-0.2, -0.15) is 4.80 Å². The van der Waals surface area contributed by atoms with Crippen LogP contribution in [-0.2, 0) is 13.1 Å². The summed E-state index contributed by atoms with van der Waals surface area (Å²) in [5.41, 5.74) is 3.87. The molecule has 0 atom stereocenters. The van der Waals surface area contributed by atoms with Gasteiger partial charge in [-0.1, -0.05) is 53.7 Å². The summed E-state index contributed by atoms with van der Waals surface area (Å²) in [7, 11) is 0. The van der Waals surface area contributed by atoms with E-state index in [2.05, 4.69) is 37.9 Å². The molecule has 28 heavy (non-hydrogen) atoms. The molecule has 0 saturated heterocycles. The highest BCUT2D eigenvalue weighted by Gasteiger charge is 2.16. The van der Waals surface area contributed by atoms with Crippen LogP contribution < -0.4 is 4.74 Å². The largest absolute Gasteiger partial charge is 0.488 e. The molecule has 138 valence electrons. The van der Waals surface area contributed by atoms with Crippen LogP contribution in [0.3, 0.4) is 0 Å². The van der Waals surface area contributed by atoms with Crippen LogP contribution in [0.1, 0.15) is 22.6 Å². The summed E-state index contributed by atoms with van der Waals surface area (Å²) in [6, 6.07) is 18.0. The first-order chi connectivity index (χ1) is 13.8. The summed E-state index contributed by atoms with van der Waals surface area (Å²) in [4.78, 5) is 1.52. The number of fused-ring (bicyclic) bond motifs is 1. The Morgan fingerprint density at radius 2 is 1.75 bits per heavy atom. The third kappa shape index (κ3) is 3.39. The van der Waals surface area contributed by atoms with Gasteiger partial charge in [0.15, 0.2) is 0 Å². The Bertz CT molecular complexity index is 1130. The lowest BCUT2D eigenvalue weighted by Gasteiger charge is -2.15. The molecule has 3 heterocycles. The van der Waals surface area contributed by atoms with Crippen LogP contribution in [0.2, 0.25) is 0 Å². The molecular formula is C20H17N7O. The first-order valence-corrected chi connectivity index (χ1v) is 8.97. The zero-order chi connectivity index (χ0) is 18.8. The fourth-order valence-electron chi connectivity index (χ4n) is 3.09. The van der Waals surface area contributed by atoms with Crippen molar-refractivity contribution in [1.29, 1.82) is 0 Å². The number of hydrogen-bond donors (Lipinski definition) is 0. The number of rotatable bonds is 5. The number of ether oxygens (including phenoxy) is 1. The van der Waals surface area contributed by atoms with Crippen molar-refractivity contribution in [3.63, 3.8) is 0 Å². The van der Waals surface area contributed by atoms with Crippen molar-refractivity contribution < 1.29 is 4.74 Å². The molecule has 2 aromatic carbocycles. The van der Waals surface area contributed by atoms with Crippen LogP contribution in [-0.4, -0.2) is 41.8 Å². The van der Waals surface area contributed by atoms with Crippen LogP contribution >= 0.6 is 0 Å². The summed E-state index contributed by atoms with van der Waals surface area (Å²) in [6.07, 6.45) is 3.94. The molecule has 8 heteroatoms. The maximum atomic E-state index is 5.77. The van der Waals surface area contributed by atoms with E-state index in [0.717, 1.165) is 22.6 Å². The number of aromatic nitrogens is 7. The molecule has 2 aromatic heterocycles. The van der Waals surface area contributed by atoms with Crippen LogP contribution in [0.5, 0.6) is 5.75 Å². The Labute approximate surface area is 161 Å². The molecule has 5 rings (SSSR count). The van der Waals surface area contributed by atoms with Crippen molar-refractivity contribution in [3.8, 4) is 5.75 Å². The van der Waals surface area contributed by atoms with Gasteiger partial charge in [0.1, 0.15) is 24.6 Å². The van der Waals surface area contributed by atoms with Crippen molar-refractivity contribution in [1.82, 2.24) is 35.2 Å². The molecule has 0 unspecified atom stereocenters. The van der Waals surface area contributed by atoms with Gasteiger partial charge in [0, 0.05) is 11.1 Å². The molecule has 4 aromatic rings. The van der Waals surface area contributed by atoms with E-state index in [1.807, 2.05) is 54.7 Å². The molecule has 0 saturated carbocycles. The molecule has 0 amide bonds. The smallest absolute Gasteiger partial charge is 0.204 e. The molecule has 0 radical (unpaired) electrons. The second kappa shape index (κ2) is 7.07. The highest BCUT2D eigenvalue weighted by Crippen LogP contribution is 2.28. The maximum Gasteiger partial charge on any atom is 0.204 e. The van der Waals surface area contributed by atoms with Crippen LogP contribution in [0.25, 0.3) is 11.6 Å². The number of hydrogen-bond acceptors (Lipinski definition) is 6. The molecule has 0 fully saturated rings. The summed E-state index contributed by atoms with van der Waals surface area (Å²) < 4.78 is 7.57. The second-order valence-electron chi connectivity index (χ2n) is 6.53. The first-order valence-electron chi connectivity index (χ1n) is 8.97. The highest BCUT2D eigenvalue weighted by atomic mass is 16.5.